The molecule has 1 saturated heterocycles. The predicted molar refractivity (Wildman–Crippen MR) is 134 cm³/mol. The molecule has 0 amide bonds. The Morgan fingerprint density at radius 2 is 1.94 bits per heavy atom. The van der Waals surface area contributed by atoms with Crippen LogP contribution in [-0.4, -0.2) is 61.3 Å². The van der Waals surface area contributed by atoms with Gasteiger partial charge in [-0.1, -0.05) is 6.07 Å². The molecule has 5 rings (SSSR count). The molecule has 0 aliphatic carbocycles. The van der Waals surface area contributed by atoms with E-state index in [1.807, 2.05) is 35.6 Å². The average Bonchev–Trinajstić information content (AvgIpc) is 3.33. The van der Waals surface area contributed by atoms with Gasteiger partial charge in [-0.2, -0.15) is 5.17 Å². The van der Waals surface area contributed by atoms with Gasteiger partial charge < -0.3 is 14.7 Å². The molecule has 8 heteroatoms. The molecule has 3 heterocycles. The Hall–Kier alpha value is -2.78. The molecule has 0 unspecified atom stereocenters. The highest BCUT2D eigenvalue weighted by atomic mass is 32.1. The number of unbranched alkanes of at least 4 members (excludes halogenated alkanes) is 1. The van der Waals surface area contributed by atoms with Gasteiger partial charge in [0.05, 0.1) is 18.5 Å². The smallest absolute Gasteiger partial charge is 0.172 e. The fourth-order valence-corrected chi connectivity index (χ4v) is 5.21. The predicted octanol–water partition coefficient (Wildman–Crippen LogP) is 4.38. The number of piperazine rings is 1. The summed E-state index contributed by atoms with van der Waals surface area (Å²) in [6.45, 7) is 5.81. The van der Waals surface area contributed by atoms with Crippen molar-refractivity contribution in [2.75, 3.05) is 56.4 Å². The molecule has 2 N–H and O–H groups in total. The van der Waals surface area contributed by atoms with Crippen LogP contribution in [0.25, 0.3) is 16.2 Å². The van der Waals surface area contributed by atoms with Crippen LogP contribution in [0.5, 0.6) is 5.75 Å². The highest BCUT2D eigenvalue weighted by molar-refractivity contribution is 7.17. The Labute approximate surface area is 198 Å². The Bertz CT molecular complexity index is 1090. The second kappa shape index (κ2) is 10.4. The van der Waals surface area contributed by atoms with Gasteiger partial charge in [0.2, 0.25) is 0 Å². The fourth-order valence-electron chi connectivity index (χ4n) is 4.40. The summed E-state index contributed by atoms with van der Waals surface area (Å²) >= 11 is 1.82. The molecule has 1 aromatic heterocycles. The van der Waals surface area contributed by atoms with Crippen LogP contribution in [0.4, 0.5) is 11.4 Å². The molecule has 0 spiro atoms. The van der Waals surface area contributed by atoms with Crippen molar-refractivity contribution in [2.24, 2.45) is 0 Å². The third-order valence-corrected chi connectivity index (χ3v) is 7.05. The summed E-state index contributed by atoms with van der Waals surface area (Å²) in [5.41, 5.74) is 6.40. The van der Waals surface area contributed by atoms with Crippen LogP contribution in [0, 0.1) is 0 Å². The minimum atomic E-state index is -0.386. The topological polar surface area (TPSA) is 60.4 Å². The van der Waals surface area contributed by atoms with Gasteiger partial charge in [0.1, 0.15) is 5.75 Å². The standard InChI is InChI=1S/C25H30N4O3S/c30-19-32-29-11-8-20-6-7-21(18-23(20)26-29)31-16-2-1-10-27-12-14-28(15-13-27)24-4-3-5-25-22(24)9-17-33-25/h3-9,11,17-18,26,30H,1-2,10,12-16,19H2. The number of hydrogen-bond donors (Lipinski definition) is 2. The SMILES string of the molecule is OCON1C=Cc2ccc(OCCCCN3CCN(c4cccc5sccc45)CC3)cc2N1. The second-order valence-electron chi connectivity index (χ2n) is 8.25. The molecule has 0 bridgehead atoms. The van der Waals surface area contributed by atoms with E-state index in [2.05, 4.69) is 44.9 Å². The number of hydrogen-bond acceptors (Lipinski definition) is 8. The average molecular weight is 467 g/mol. The number of benzene rings is 2. The Morgan fingerprint density at radius 3 is 2.82 bits per heavy atom. The van der Waals surface area contributed by atoms with Crippen molar-refractivity contribution in [1.82, 2.24) is 10.1 Å². The number of thiophene rings is 1. The van der Waals surface area contributed by atoms with E-state index in [1.165, 1.54) is 20.9 Å². The Kier molecular flexibility index (Phi) is 6.97. The summed E-state index contributed by atoms with van der Waals surface area (Å²) in [6.07, 6.45) is 5.80. The van der Waals surface area contributed by atoms with E-state index in [0.29, 0.717) is 6.61 Å². The molecule has 3 aromatic rings. The van der Waals surface area contributed by atoms with E-state index in [1.54, 1.807) is 6.20 Å². The van der Waals surface area contributed by atoms with Crippen molar-refractivity contribution >= 4 is 38.9 Å². The summed E-state index contributed by atoms with van der Waals surface area (Å²) in [6, 6.07) is 14.8. The summed E-state index contributed by atoms with van der Waals surface area (Å²) in [4.78, 5) is 10.1. The zero-order chi connectivity index (χ0) is 22.5. The first kappa shape index (κ1) is 22.0. The van der Waals surface area contributed by atoms with Gasteiger partial charge in [-0.05, 0) is 61.2 Å². The second-order valence-corrected chi connectivity index (χ2v) is 9.20. The lowest BCUT2D eigenvalue weighted by atomic mass is 10.1. The molecule has 174 valence electrons. The zero-order valence-corrected chi connectivity index (χ0v) is 19.5. The maximum Gasteiger partial charge on any atom is 0.172 e. The van der Waals surface area contributed by atoms with E-state index in [4.69, 9.17) is 14.7 Å². The largest absolute Gasteiger partial charge is 0.494 e. The van der Waals surface area contributed by atoms with Crippen molar-refractivity contribution in [3.8, 4) is 5.75 Å². The van der Waals surface area contributed by atoms with Gasteiger partial charge in [-0.25, -0.2) is 4.84 Å². The van der Waals surface area contributed by atoms with Crippen LogP contribution in [0.15, 0.2) is 54.0 Å². The molecular formula is C25H30N4O3S. The third kappa shape index (κ3) is 5.25. The highest BCUT2D eigenvalue weighted by Crippen LogP contribution is 2.31. The van der Waals surface area contributed by atoms with E-state index in [0.717, 1.165) is 62.6 Å². The van der Waals surface area contributed by atoms with Crippen molar-refractivity contribution in [3.05, 3.63) is 59.6 Å². The molecule has 0 atom stereocenters. The van der Waals surface area contributed by atoms with Crippen LogP contribution in [0.3, 0.4) is 0 Å². The molecule has 0 saturated carbocycles. The van der Waals surface area contributed by atoms with Crippen molar-refractivity contribution in [3.63, 3.8) is 0 Å². The van der Waals surface area contributed by atoms with Crippen LogP contribution >= 0.6 is 11.3 Å². The number of nitrogens with zero attached hydrogens (tertiary/aromatic N) is 3. The number of hydrazine groups is 1. The maximum atomic E-state index is 8.91. The molecule has 2 aliphatic rings. The third-order valence-electron chi connectivity index (χ3n) is 6.16. The first-order valence-electron chi connectivity index (χ1n) is 11.5. The molecule has 2 aliphatic heterocycles. The molecule has 7 nitrogen and oxygen atoms in total. The van der Waals surface area contributed by atoms with Gasteiger partial charge in [0.15, 0.2) is 6.79 Å². The molecule has 1 fully saturated rings. The quantitative estimate of drug-likeness (QED) is 0.359. The number of fused-ring (bicyclic) bond motifs is 2. The number of rotatable bonds is 9. The maximum absolute atomic E-state index is 8.91. The van der Waals surface area contributed by atoms with Crippen LogP contribution in [0.1, 0.15) is 18.4 Å². The highest BCUT2D eigenvalue weighted by Gasteiger charge is 2.18. The Balaban J connectivity index is 1.03. The minimum absolute atomic E-state index is 0.386. The summed E-state index contributed by atoms with van der Waals surface area (Å²) in [5.74, 6) is 0.830. The van der Waals surface area contributed by atoms with Gasteiger partial charge in [-0.15, -0.1) is 11.3 Å². The monoisotopic (exact) mass is 466 g/mol. The van der Waals surface area contributed by atoms with Gasteiger partial charge in [0, 0.05) is 53.6 Å². The summed E-state index contributed by atoms with van der Waals surface area (Å²) < 4.78 is 7.34. The lowest BCUT2D eigenvalue weighted by Gasteiger charge is -2.36. The van der Waals surface area contributed by atoms with Crippen LogP contribution < -0.4 is 15.1 Å². The first-order valence-corrected chi connectivity index (χ1v) is 12.4. The molecule has 33 heavy (non-hydrogen) atoms. The van der Waals surface area contributed by atoms with Gasteiger partial charge in [-0.3, -0.25) is 10.3 Å². The van der Waals surface area contributed by atoms with E-state index >= 15 is 0 Å². The number of hydroxylamine groups is 1. The molecule has 2 aromatic carbocycles. The normalized spacial score (nSPS) is 16.2. The van der Waals surface area contributed by atoms with Crippen molar-refractivity contribution < 1.29 is 14.7 Å². The van der Waals surface area contributed by atoms with Crippen LogP contribution in [0.2, 0.25) is 0 Å². The van der Waals surface area contributed by atoms with Crippen molar-refractivity contribution in [1.29, 1.82) is 0 Å². The summed E-state index contributed by atoms with van der Waals surface area (Å²) in [5, 5.41) is 13.9. The number of aliphatic hydroxyl groups is 1. The Morgan fingerprint density at radius 1 is 1.03 bits per heavy atom. The van der Waals surface area contributed by atoms with E-state index in [9.17, 15) is 0 Å². The van der Waals surface area contributed by atoms with E-state index in [-0.39, 0.29) is 6.79 Å². The minimum Gasteiger partial charge on any atom is -0.494 e. The number of anilines is 2. The lowest BCUT2D eigenvalue weighted by molar-refractivity contribution is -0.165. The molecule has 0 radical (unpaired) electrons. The van der Waals surface area contributed by atoms with E-state index < -0.39 is 0 Å². The van der Waals surface area contributed by atoms with Crippen molar-refractivity contribution in [2.45, 2.75) is 12.8 Å². The number of ether oxygens (including phenoxy) is 1. The molecular weight excluding hydrogens is 436 g/mol. The van der Waals surface area contributed by atoms with Crippen LogP contribution in [-0.2, 0) is 4.84 Å². The fraction of sp³-hybridized carbons (Fsp3) is 0.360. The lowest BCUT2D eigenvalue weighted by Crippen LogP contribution is -2.46. The zero-order valence-electron chi connectivity index (χ0n) is 18.7. The van der Waals surface area contributed by atoms with Gasteiger partial charge in [0.25, 0.3) is 0 Å². The number of nitrogens with one attached hydrogen (secondary N) is 1. The first-order chi connectivity index (χ1) is 16.3. The number of aliphatic hydroxyl groups excluding tert-OH is 1. The summed E-state index contributed by atoms with van der Waals surface area (Å²) in [7, 11) is 0. The van der Waals surface area contributed by atoms with Gasteiger partial charge >= 0.3 is 0 Å².